The molecule has 4 amide bonds. The molecule has 1 saturated heterocycles. The summed E-state index contributed by atoms with van der Waals surface area (Å²) in [6.07, 6.45) is 2.22. The van der Waals surface area contributed by atoms with Crippen molar-refractivity contribution in [2.75, 3.05) is 4.90 Å². The topological polar surface area (TPSA) is 75.7 Å². The van der Waals surface area contributed by atoms with Gasteiger partial charge in [-0.25, -0.2) is 9.69 Å². The quantitative estimate of drug-likeness (QED) is 0.620. The van der Waals surface area contributed by atoms with Crippen LogP contribution >= 0.6 is 11.6 Å². The van der Waals surface area contributed by atoms with Crippen molar-refractivity contribution in [2.24, 2.45) is 0 Å². The minimum absolute atomic E-state index is 0.118. The van der Waals surface area contributed by atoms with Gasteiger partial charge in [0.2, 0.25) is 0 Å². The highest BCUT2D eigenvalue weighted by Crippen LogP contribution is 2.35. The summed E-state index contributed by atoms with van der Waals surface area (Å²) < 4.78 is 5.85. The third kappa shape index (κ3) is 3.27. The largest absolute Gasteiger partial charge is 0.487 e. The molecule has 142 valence electrons. The molecule has 0 bridgehead atoms. The van der Waals surface area contributed by atoms with Crippen LogP contribution in [0.4, 0.5) is 10.5 Å². The van der Waals surface area contributed by atoms with Gasteiger partial charge in [0, 0.05) is 11.4 Å². The fourth-order valence-electron chi connectivity index (χ4n) is 3.37. The molecule has 0 radical (unpaired) electrons. The van der Waals surface area contributed by atoms with Gasteiger partial charge < -0.3 is 4.74 Å². The van der Waals surface area contributed by atoms with Crippen molar-refractivity contribution >= 4 is 41.2 Å². The van der Waals surface area contributed by atoms with Gasteiger partial charge in [-0.3, -0.25) is 14.9 Å². The van der Waals surface area contributed by atoms with Crippen molar-refractivity contribution in [2.45, 2.75) is 25.9 Å². The lowest BCUT2D eigenvalue weighted by molar-refractivity contribution is -0.122. The Hall–Kier alpha value is -3.12. The Bertz CT molecular complexity index is 1040. The summed E-state index contributed by atoms with van der Waals surface area (Å²) in [5.41, 5.74) is 1.61. The molecule has 2 aromatic rings. The molecule has 7 heteroatoms. The fraction of sp³-hybridized carbons (Fsp3) is 0.190. The molecule has 0 spiro atoms. The van der Waals surface area contributed by atoms with E-state index in [2.05, 4.69) is 5.32 Å². The maximum absolute atomic E-state index is 12.9. The molecule has 1 fully saturated rings. The number of rotatable bonds is 2. The maximum Gasteiger partial charge on any atom is 0.335 e. The summed E-state index contributed by atoms with van der Waals surface area (Å²) in [7, 11) is 0. The zero-order valence-corrected chi connectivity index (χ0v) is 16.0. The summed E-state index contributed by atoms with van der Waals surface area (Å²) in [5.74, 6) is -0.616. The van der Waals surface area contributed by atoms with Gasteiger partial charge in [-0.2, -0.15) is 0 Å². The van der Waals surface area contributed by atoms with Crippen molar-refractivity contribution in [3.63, 3.8) is 0 Å². The molecule has 2 heterocycles. The molecule has 0 atom stereocenters. The molecule has 1 N–H and O–H groups in total. The van der Waals surface area contributed by atoms with E-state index >= 15 is 0 Å². The molecular formula is C21H17ClN2O4. The number of hydrogen-bond acceptors (Lipinski definition) is 4. The molecule has 0 saturated carbocycles. The first-order chi connectivity index (χ1) is 13.2. The van der Waals surface area contributed by atoms with Crippen molar-refractivity contribution in [3.05, 3.63) is 64.2 Å². The van der Waals surface area contributed by atoms with Crippen LogP contribution in [0.25, 0.3) is 6.08 Å². The van der Waals surface area contributed by atoms with Gasteiger partial charge in [-0.15, -0.1) is 0 Å². The Balaban J connectivity index is 1.69. The molecule has 2 aliphatic rings. The van der Waals surface area contributed by atoms with Gasteiger partial charge in [0.05, 0.1) is 5.69 Å². The van der Waals surface area contributed by atoms with Crippen LogP contribution in [0.5, 0.6) is 5.75 Å². The lowest BCUT2D eigenvalue weighted by atomic mass is 9.99. The molecule has 0 aromatic heterocycles. The second-order valence-corrected chi connectivity index (χ2v) is 7.78. The van der Waals surface area contributed by atoms with Crippen LogP contribution in [0.3, 0.4) is 0 Å². The zero-order chi connectivity index (χ0) is 20.1. The van der Waals surface area contributed by atoms with Crippen LogP contribution in [0, 0.1) is 0 Å². The number of imide groups is 2. The summed E-state index contributed by atoms with van der Waals surface area (Å²) in [4.78, 5) is 38.3. The zero-order valence-electron chi connectivity index (χ0n) is 15.3. The summed E-state index contributed by atoms with van der Waals surface area (Å²) in [5, 5.41) is 2.69. The predicted molar refractivity (Wildman–Crippen MR) is 105 cm³/mol. The summed E-state index contributed by atoms with van der Waals surface area (Å²) in [6, 6.07) is 10.9. The van der Waals surface area contributed by atoms with Gasteiger partial charge >= 0.3 is 6.03 Å². The fourth-order valence-corrected chi connectivity index (χ4v) is 3.49. The lowest BCUT2D eigenvalue weighted by Crippen LogP contribution is -2.54. The van der Waals surface area contributed by atoms with Crippen LogP contribution in [-0.4, -0.2) is 23.4 Å². The van der Waals surface area contributed by atoms with Crippen molar-refractivity contribution < 1.29 is 19.1 Å². The lowest BCUT2D eigenvalue weighted by Gasteiger charge is -2.26. The van der Waals surface area contributed by atoms with E-state index < -0.39 is 17.8 Å². The number of amides is 4. The van der Waals surface area contributed by atoms with E-state index in [4.69, 9.17) is 16.3 Å². The van der Waals surface area contributed by atoms with Crippen molar-refractivity contribution in [3.8, 4) is 5.75 Å². The van der Waals surface area contributed by atoms with Crippen LogP contribution in [0.15, 0.2) is 48.0 Å². The average Bonchev–Trinajstić information content (AvgIpc) is 2.93. The van der Waals surface area contributed by atoms with E-state index in [0.29, 0.717) is 16.3 Å². The summed E-state index contributed by atoms with van der Waals surface area (Å²) >= 11 is 5.87. The molecule has 4 rings (SSSR count). The minimum atomic E-state index is -0.793. The Morgan fingerprint density at radius 2 is 1.82 bits per heavy atom. The second-order valence-electron chi connectivity index (χ2n) is 7.34. The van der Waals surface area contributed by atoms with Crippen LogP contribution in [0.2, 0.25) is 5.02 Å². The first kappa shape index (κ1) is 18.3. The number of fused-ring (bicyclic) bond motifs is 1. The van der Waals surface area contributed by atoms with Gasteiger partial charge in [-0.05, 0) is 67.4 Å². The van der Waals surface area contributed by atoms with Gasteiger partial charge in [0.15, 0.2) is 0 Å². The number of barbiturate groups is 1. The van der Waals surface area contributed by atoms with Crippen LogP contribution in [0.1, 0.15) is 25.0 Å². The molecule has 6 nitrogen and oxygen atoms in total. The minimum Gasteiger partial charge on any atom is -0.487 e. The number of nitrogens with zero attached hydrogens (tertiary/aromatic N) is 1. The third-order valence-corrected chi connectivity index (χ3v) is 4.84. The SMILES string of the molecule is CC1(C)Cc2cc(/C=C3/C(=O)NC(=O)N(c4ccc(Cl)cc4)C3=O)ccc2O1. The van der Waals surface area contributed by atoms with E-state index in [9.17, 15) is 14.4 Å². The number of hydrogen-bond donors (Lipinski definition) is 1. The van der Waals surface area contributed by atoms with E-state index in [1.807, 2.05) is 26.0 Å². The smallest absolute Gasteiger partial charge is 0.335 e. The van der Waals surface area contributed by atoms with Gasteiger partial charge in [-0.1, -0.05) is 17.7 Å². The molecule has 0 aliphatic carbocycles. The van der Waals surface area contributed by atoms with Gasteiger partial charge in [0.25, 0.3) is 11.8 Å². The molecular weight excluding hydrogens is 380 g/mol. The Labute approximate surface area is 166 Å². The van der Waals surface area contributed by atoms with Crippen molar-refractivity contribution in [1.29, 1.82) is 0 Å². The van der Waals surface area contributed by atoms with Crippen LogP contribution in [-0.2, 0) is 16.0 Å². The van der Waals surface area contributed by atoms with E-state index in [-0.39, 0.29) is 11.2 Å². The monoisotopic (exact) mass is 396 g/mol. The first-order valence-electron chi connectivity index (χ1n) is 8.72. The number of anilines is 1. The Morgan fingerprint density at radius 3 is 2.54 bits per heavy atom. The number of ether oxygens (including phenoxy) is 1. The standard InChI is InChI=1S/C21H17ClN2O4/c1-21(2)11-13-9-12(3-8-17(13)28-21)10-16-18(25)23-20(27)24(19(16)26)15-6-4-14(22)5-7-15/h3-10H,11H2,1-2H3,(H,23,25,27)/b16-10-. The van der Waals surface area contributed by atoms with E-state index in [1.54, 1.807) is 30.3 Å². The molecule has 28 heavy (non-hydrogen) atoms. The van der Waals surface area contributed by atoms with E-state index in [0.717, 1.165) is 22.6 Å². The number of benzene rings is 2. The highest BCUT2D eigenvalue weighted by Gasteiger charge is 2.37. The number of urea groups is 1. The average molecular weight is 397 g/mol. The van der Waals surface area contributed by atoms with Crippen LogP contribution < -0.4 is 15.0 Å². The number of carbonyl (C=O) groups excluding carboxylic acids is 3. The molecule has 2 aliphatic heterocycles. The highest BCUT2D eigenvalue weighted by molar-refractivity contribution is 6.39. The summed E-state index contributed by atoms with van der Waals surface area (Å²) in [6.45, 7) is 4.00. The Kier molecular flexibility index (Phi) is 4.23. The highest BCUT2D eigenvalue weighted by atomic mass is 35.5. The Morgan fingerprint density at radius 1 is 1.11 bits per heavy atom. The van der Waals surface area contributed by atoms with Crippen molar-refractivity contribution in [1.82, 2.24) is 5.32 Å². The number of carbonyl (C=O) groups is 3. The maximum atomic E-state index is 12.9. The first-order valence-corrected chi connectivity index (χ1v) is 9.10. The molecule has 2 aromatic carbocycles. The normalized spacial score (nSPS) is 19.5. The van der Waals surface area contributed by atoms with Gasteiger partial charge in [0.1, 0.15) is 16.9 Å². The number of nitrogens with one attached hydrogen (secondary N) is 1. The third-order valence-electron chi connectivity index (χ3n) is 4.58. The second kappa shape index (κ2) is 6.49. The number of halogens is 1. The molecule has 0 unspecified atom stereocenters. The van der Waals surface area contributed by atoms with E-state index in [1.165, 1.54) is 6.08 Å². The predicted octanol–water partition coefficient (Wildman–Crippen LogP) is 3.72.